The highest BCUT2D eigenvalue weighted by Crippen LogP contribution is 2.26. The van der Waals surface area contributed by atoms with Gasteiger partial charge in [-0.3, -0.25) is 4.79 Å². The second kappa shape index (κ2) is 6.49. The topological polar surface area (TPSA) is 103 Å². The normalized spacial score (nSPS) is 10.5. The molecular weight excluding hydrogens is 316 g/mol. The number of primary amides is 1. The molecule has 0 bridgehead atoms. The van der Waals surface area contributed by atoms with Crippen LogP contribution in [0.4, 0.5) is 5.69 Å². The van der Waals surface area contributed by atoms with Gasteiger partial charge >= 0.3 is 0 Å². The van der Waals surface area contributed by atoms with E-state index in [2.05, 4.69) is 15.3 Å². The minimum absolute atomic E-state index is 0.209. The standard InChI is InChI=1S/C15H14N4O3S/c1-21-14-11(13(16)20)5-9(6-18-14)17-7-10-8-19-15(23-10)12-3-2-4-22-12/h2-6,8,17H,7H2,1H3,(H2,16,20). The molecule has 0 aliphatic rings. The number of pyridine rings is 1. The molecule has 7 nitrogen and oxygen atoms in total. The van der Waals surface area contributed by atoms with E-state index in [0.29, 0.717) is 12.2 Å². The number of furan rings is 1. The SMILES string of the molecule is COc1ncc(NCc2cnc(-c3ccco3)s2)cc1C(N)=O. The van der Waals surface area contributed by atoms with Crippen molar-refractivity contribution in [1.29, 1.82) is 0 Å². The molecule has 23 heavy (non-hydrogen) atoms. The van der Waals surface area contributed by atoms with Gasteiger partial charge < -0.3 is 20.2 Å². The summed E-state index contributed by atoms with van der Waals surface area (Å²) in [5, 5.41) is 4.00. The van der Waals surface area contributed by atoms with Crippen molar-refractivity contribution in [2.45, 2.75) is 6.54 Å². The molecule has 0 aliphatic heterocycles. The van der Waals surface area contributed by atoms with Crippen molar-refractivity contribution < 1.29 is 13.9 Å². The Kier molecular flexibility index (Phi) is 4.24. The minimum atomic E-state index is -0.587. The average molecular weight is 330 g/mol. The maximum absolute atomic E-state index is 11.4. The van der Waals surface area contributed by atoms with E-state index in [1.807, 2.05) is 12.1 Å². The average Bonchev–Trinajstić information content (AvgIpc) is 3.23. The molecule has 3 heterocycles. The Hall–Kier alpha value is -2.87. The fourth-order valence-corrected chi connectivity index (χ4v) is 2.80. The van der Waals surface area contributed by atoms with Crippen molar-refractivity contribution in [1.82, 2.24) is 9.97 Å². The van der Waals surface area contributed by atoms with Crippen LogP contribution in [0.15, 0.2) is 41.3 Å². The van der Waals surface area contributed by atoms with Crippen LogP contribution in [-0.4, -0.2) is 23.0 Å². The fraction of sp³-hybridized carbons (Fsp3) is 0.133. The van der Waals surface area contributed by atoms with Crippen LogP contribution in [0.1, 0.15) is 15.2 Å². The lowest BCUT2D eigenvalue weighted by atomic mass is 10.2. The second-order valence-corrected chi connectivity index (χ2v) is 5.72. The largest absolute Gasteiger partial charge is 0.480 e. The Morgan fingerprint density at radius 1 is 1.43 bits per heavy atom. The summed E-state index contributed by atoms with van der Waals surface area (Å²) in [7, 11) is 1.44. The van der Waals surface area contributed by atoms with Crippen molar-refractivity contribution >= 4 is 22.9 Å². The molecular formula is C15H14N4O3S. The first-order chi connectivity index (χ1) is 11.2. The summed E-state index contributed by atoms with van der Waals surface area (Å²) >= 11 is 1.52. The van der Waals surface area contributed by atoms with Gasteiger partial charge in [0.2, 0.25) is 5.88 Å². The second-order valence-electron chi connectivity index (χ2n) is 4.61. The molecule has 3 N–H and O–H groups in total. The zero-order chi connectivity index (χ0) is 16.2. The van der Waals surface area contributed by atoms with Gasteiger partial charge in [-0.1, -0.05) is 0 Å². The van der Waals surface area contributed by atoms with Crippen molar-refractivity contribution in [2.24, 2.45) is 5.73 Å². The van der Waals surface area contributed by atoms with Gasteiger partial charge in [-0.25, -0.2) is 9.97 Å². The number of aromatic nitrogens is 2. The number of carbonyl (C=O) groups is 1. The number of hydrogen-bond acceptors (Lipinski definition) is 7. The molecule has 0 saturated heterocycles. The maximum atomic E-state index is 11.4. The van der Waals surface area contributed by atoms with Gasteiger partial charge in [-0.2, -0.15) is 0 Å². The van der Waals surface area contributed by atoms with E-state index < -0.39 is 5.91 Å². The van der Waals surface area contributed by atoms with Crippen LogP contribution >= 0.6 is 11.3 Å². The summed E-state index contributed by atoms with van der Waals surface area (Å²) in [6.45, 7) is 0.546. The Balaban J connectivity index is 1.71. The third-order valence-corrected chi connectivity index (χ3v) is 4.07. The molecule has 0 aromatic carbocycles. The van der Waals surface area contributed by atoms with E-state index >= 15 is 0 Å². The van der Waals surface area contributed by atoms with Gasteiger partial charge in [0.05, 0.1) is 31.8 Å². The van der Waals surface area contributed by atoms with E-state index in [1.54, 1.807) is 24.7 Å². The highest BCUT2D eigenvalue weighted by molar-refractivity contribution is 7.14. The third kappa shape index (κ3) is 3.32. The van der Waals surface area contributed by atoms with Crippen LogP contribution in [0, 0.1) is 0 Å². The van der Waals surface area contributed by atoms with E-state index in [9.17, 15) is 4.79 Å². The Labute approximate surface area is 136 Å². The van der Waals surface area contributed by atoms with Gasteiger partial charge in [-0.05, 0) is 18.2 Å². The van der Waals surface area contributed by atoms with Crippen LogP contribution in [-0.2, 0) is 6.54 Å². The van der Waals surface area contributed by atoms with E-state index in [-0.39, 0.29) is 11.4 Å². The van der Waals surface area contributed by atoms with Crippen molar-refractivity contribution in [3.63, 3.8) is 0 Å². The summed E-state index contributed by atoms with van der Waals surface area (Å²) in [6, 6.07) is 5.30. The Bertz CT molecular complexity index is 814. The van der Waals surface area contributed by atoms with E-state index in [4.69, 9.17) is 14.9 Å². The predicted octanol–water partition coefficient (Wildman–Crippen LogP) is 2.52. The van der Waals surface area contributed by atoms with Gasteiger partial charge in [0.25, 0.3) is 5.91 Å². The van der Waals surface area contributed by atoms with Crippen LogP contribution in [0.2, 0.25) is 0 Å². The van der Waals surface area contributed by atoms with Gasteiger partial charge in [0.1, 0.15) is 5.56 Å². The minimum Gasteiger partial charge on any atom is -0.480 e. The van der Waals surface area contributed by atoms with Crippen molar-refractivity contribution in [2.75, 3.05) is 12.4 Å². The molecule has 3 aromatic heterocycles. The lowest BCUT2D eigenvalue weighted by Gasteiger charge is -2.08. The molecule has 0 aliphatic carbocycles. The van der Waals surface area contributed by atoms with Gasteiger partial charge in [-0.15, -0.1) is 11.3 Å². The number of ether oxygens (including phenoxy) is 1. The van der Waals surface area contributed by atoms with Crippen LogP contribution in [0.25, 0.3) is 10.8 Å². The lowest BCUT2D eigenvalue weighted by Crippen LogP contribution is -2.14. The van der Waals surface area contributed by atoms with Crippen LogP contribution in [0.5, 0.6) is 5.88 Å². The number of thiazole rings is 1. The number of rotatable bonds is 6. The zero-order valence-corrected chi connectivity index (χ0v) is 13.1. The molecule has 0 unspecified atom stereocenters. The molecule has 3 rings (SSSR count). The third-order valence-electron chi connectivity index (χ3n) is 3.06. The number of amides is 1. The van der Waals surface area contributed by atoms with Crippen molar-refractivity contribution in [3.8, 4) is 16.6 Å². The van der Waals surface area contributed by atoms with E-state index in [0.717, 1.165) is 15.6 Å². The molecule has 3 aromatic rings. The molecule has 0 radical (unpaired) electrons. The summed E-state index contributed by atoms with van der Waals surface area (Å²) < 4.78 is 10.3. The smallest absolute Gasteiger partial charge is 0.254 e. The molecule has 1 amide bonds. The quantitative estimate of drug-likeness (QED) is 0.720. The summed E-state index contributed by atoms with van der Waals surface area (Å²) in [5.74, 6) is 0.361. The monoisotopic (exact) mass is 330 g/mol. The number of nitrogens with two attached hydrogens (primary N) is 1. The molecule has 0 atom stereocenters. The highest BCUT2D eigenvalue weighted by Gasteiger charge is 2.12. The number of anilines is 1. The number of nitrogens with zero attached hydrogens (tertiary/aromatic N) is 2. The molecule has 0 spiro atoms. The van der Waals surface area contributed by atoms with Crippen molar-refractivity contribution in [3.05, 3.63) is 47.3 Å². The lowest BCUT2D eigenvalue weighted by molar-refractivity contribution is 0.0996. The van der Waals surface area contributed by atoms with Crippen LogP contribution < -0.4 is 15.8 Å². The molecule has 8 heteroatoms. The number of carbonyl (C=O) groups excluding carboxylic acids is 1. The summed E-state index contributed by atoms with van der Waals surface area (Å²) in [6.07, 6.45) is 4.98. The summed E-state index contributed by atoms with van der Waals surface area (Å²) in [5.41, 5.74) is 6.23. The van der Waals surface area contributed by atoms with Crippen LogP contribution in [0.3, 0.4) is 0 Å². The Morgan fingerprint density at radius 2 is 2.30 bits per heavy atom. The first kappa shape index (κ1) is 15.0. The first-order valence-electron chi connectivity index (χ1n) is 6.73. The fourth-order valence-electron chi connectivity index (χ4n) is 1.98. The molecule has 118 valence electrons. The first-order valence-corrected chi connectivity index (χ1v) is 7.55. The Morgan fingerprint density at radius 3 is 3.00 bits per heavy atom. The number of nitrogens with one attached hydrogen (secondary N) is 1. The number of methoxy groups -OCH3 is 1. The molecule has 0 fully saturated rings. The van der Waals surface area contributed by atoms with Gasteiger partial charge in [0.15, 0.2) is 10.8 Å². The number of hydrogen-bond donors (Lipinski definition) is 2. The summed E-state index contributed by atoms with van der Waals surface area (Å²) in [4.78, 5) is 20.8. The predicted molar refractivity (Wildman–Crippen MR) is 86.4 cm³/mol. The van der Waals surface area contributed by atoms with E-state index in [1.165, 1.54) is 18.4 Å². The van der Waals surface area contributed by atoms with Gasteiger partial charge in [0, 0.05) is 11.1 Å². The maximum Gasteiger partial charge on any atom is 0.254 e. The highest BCUT2D eigenvalue weighted by atomic mass is 32.1. The molecule has 0 saturated carbocycles. The zero-order valence-electron chi connectivity index (χ0n) is 12.3.